The monoisotopic (exact) mass is 249 g/mol. The molecular weight excluding hydrogens is 234 g/mol. The molecule has 2 atom stereocenters. The van der Waals surface area contributed by atoms with E-state index in [1.807, 2.05) is 24.3 Å². The first kappa shape index (κ1) is 12.4. The van der Waals surface area contributed by atoms with Gasteiger partial charge in [-0.2, -0.15) is 0 Å². The van der Waals surface area contributed by atoms with Gasteiger partial charge in [-0.05, 0) is 17.7 Å². The van der Waals surface area contributed by atoms with Gasteiger partial charge >= 0.3 is 5.97 Å². The van der Waals surface area contributed by atoms with Crippen molar-refractivity contribution in [2.75, 3.05) is 14.2 Å². The van der Waals surface area contributed by atoms with Crippen LogP contribution in [-0.2, 0) is 14.3 Å². The number of hydrogen-bond acceptors (Lipinski definition) is 5. The maximum atomic E-state index is 11.6. The second-order valence-electron chi connectivity index (χ2n) is 3.93. The van der Waals surface area contributed by atoms with Crippen LogP contribution < -0.4 is 4.74 Å². The minimum atomic E-state index is -0.636. The molecule has 2 rings (SSSR count). The minimum absolute atomic E-state index is 0.396. The lowest BCUT2D eigenvalue weighted by Crippen LogP contribution is -2.25. The summed E-state index contributed by atoms with van der Waals surface area (Å²) in [6.45, 7) is 1.72. The van der Waals surface area contributed by atoms with E-state index in [9.17, 15) is 4.79 Å². The Bertz CT molecular complexity index is 466. The standard InChI is InChI=1S/C13H15NO4/c1-8-14-11(13(15)17-3)12(18-8)9-4-6-10(16-2)7-5-9/h4-7,11-12H,1-3H3. The summed E-state index contributed by atoms with van der Waals surface area (Å²) in [7, 11) is 2.95. The zero-order valence-electron chi connectivity index (χ0n) is 10.5. The lowest BCUT2D eigenvalue weighted by Gasteiger charge is -2.16. The predicted molar refractivity (Wildman–Crippen MR) is 65.7 cm³/mol. The molecule has 0 spiro atoms. The molecule has 0 aromatic heterocycles. The second-order valence-corrected chi connectivity index (χ2v) is 3.93. The van der Waals surface area contributed by atoms with Gasteiger partial charge in [0.25, 0.3) is 0 Å². The number of carbonyl (C=O) groups excluding carboxylic acids is 1. The number of methoxy groups -OCH3 is 2. The molecule has 0 bridgehead atoms. The summed E-state index contributed by atoms with van der Waals surface area (Å²) in [5, 5.41) is 0. The SMILES string of the molecule is COC(=O)C1N=C(C)OC1c1ccc(OC)cc1. The predicted octanol–water partition coefficient (Wildman–Crippen LogP) is 1.73. The molecule has 2 unspecified atom stereocenters. The Labute approximate surface area is 105 Å². The highest BCUT2D eigenvalue weighted by Crippen LogP contribution is 2.30. The van der Waals surface area contributed by atoms with Gasteiger partial charge < -0.3 is 14.2 Å². The van der Waals surface area contributed by atoms with Gasteiger partial charge in [-0.25, -0.2) is 9.79 Å². The number of benzene rings is 1. The molecule has 18 heavy (non-hydrogen) atoms. The summed E-state index contributed by atoms with van der Waals surface area (Å²) < 4.78 is 15.4. The average Bonchev–Trinajstić information content (AvgIpc) is 2.80. The fourth-order valence-electron chi connectivity index (χ4n) is 1.88. The lowest BCUT2D eigenvalue weighted by molar-refractivity contribution is -0.143. The Hall–Kier alpha value is -2.04. The van der Waals surface area contributed by atoms with E-state index in [0.717, 1.165) is 11.3 Å². The number of carbonyl (C=O) groups is 1. The molecule has 0 fully saturated rings. The molecule has 5 nitrogen and oxygen atoms in total. The van der Waals surface area contributed by atoms with E-state index in [0.29, 0.717) is 5.90 Å². The summed E-state index contributed by atoms with van der Waals surface area (Å²) in [5.74, 6) is 0.850. The molecule has 0 aliphatic carbocycles. The van der Waals surface area contributed by atoms with Crippen molar-refractivity contribution >= 4 is 11.9 Å². The molecule has 1 aromatic rings. The number of ether oxygens (including phenoxy) is 3. The van der Waals surface area contributed by atoms with Crippen LogP contribution in [0.15, 0.2) is 29.3 Å². The third-order valence-corrected chi connectivity index (χ3v) is 2.79. The summed E-state index contributed by atoms with van der Waals surface area (Å²) in [4.78, 5) is 15.8. The number of esters is 1. The number of aliphatic imine (C=N–C) groups is 1. The van der Waals surface area contributed by atoms with Gasteiger partial charge in [0.05, 0.1) is 14.2 Å². The maximum Gasteiger partial charge on any atom is 0.335 e. The highest BCUT2D eigenvalue weighted by atomic mass is 16.5. The van der Waals surface area contributed by atoms with Gasteiger partial charge in [-0.3, -0.25) is 0 Å². The third-order valence-electron chi connectivity index (χ3n) is 2.79. The van der Waals surface area contributed by atoms with Crippen LogP contribution in [0.3, 0.4) is 0 Å². The van der Waals surface area contributed by atoms with Crippen LogP contribution >= 0.6 is 0 Å². The zero-order valence-corrected chi connectivity index (χ0v) is 10.5. The fraction of sp³-hybridized carbons (Fsp3) is 0.385. The summed E-state index contributed by atoms with van der Waals surface area (Å²) in [5.41, 5.74) is 0.867. The van der Waals surface area contributed by atoms with Crippen LogP contribution in [0.5, 0.6) is 5.75 Å². The van der Waals surface area contributed by atoms with Crippen LogP contribution in [0, 0.1) is 0 Å². The Morgan fingerprint density at radius 2 is 1.94 bits per heavy atom. The molecule has 0 N–H and O–H groups in total. The van der Waals surface area contributed by atoms with Crippen LogP contribution in [-0.4, -0.2) is 32.1 Å². The van der Waals surface area contributed by atoms with Crippen molar-refractivity contribution in [3.8, 4) is 5.75 Å². The van der Waals surface area contributed by atoms with Gasteiger partial charge in [0.1, 0.15) is 5.75 Å². The average molecular weight is 249 g/mol. The first-order valence-electron chi connectivity index (χ1n) is 5.58. The van der Waals surface area contributed by atoms with Crippen LogP contribution in [0.1, 0.15) is 18.6 Å². The summed E-state index contributed by atoms with van der Waals surface area (Å²) >= 11 is 0. The van der Waals surface area contributed by atoms with E-state index in [1.165, 1.54) is 7.11 Å². The fourth-order valence-corrected chi connectivity index (χ4v) is 1.88. The van der Waals surface area contributed by atoms with Crippen molar-refractivity contribution in [2.24, 2.45) is 4.99 Å². The lowest BCUT2D eigenvalue weighted by atomic mass is 10.0. The van der Waals surface area contributed by atoms with Crippen molar-refractivity contribution in [1.29, 1.82) is 0 Å². The molecule has 1 aromatic carbocycles. The minimum Gasteiger partial charge on any atom is -0.497 e. The molecule has 0 amide bonds. The summed E-state index contributed by atoms with van der Waals surface area (Å²) in [6, 6.07) is 6.71. The number of nitrogens with zero attached hydrogens (tertiary/aromatic N) is 1. The van der Waals surface area contributed by atoms with E-state index in [2.05, 4.69) is 4.99 Å². The van der Waals surface area contributed by atoms with Gasteiger partial charge in [-0.1, -0.05) is 12.1 Å². The second kappa shape index (κ2) is 5.08. The Morgan fingerprint density at radius 3 is 2.50 bits per heavy atom. The van der Waals surface area contributed by atoms with Crippen molar-refractivity contribution in [1.82, 2.24) is 0 Å². The topological polar surface area (TPSA) is 57.1 Å². The van der Waals surface area contributed by atoms with Crippen molar-refractivity contribution < 1.29 is 19.0 Å². The van der Waals surface area contributed by atoms with E-state index >= 15 is 0 Å². The smallest absolute Gasteiger partial charge is 0.335 e. The van der Waals surface area contributed by atoms with Crippen molar-refractivity contribution in [3.05, 3.63) is 29.8 Å². The molecule has 0 radical (unpaired) electrons. The Morgan fingerprint density at radius 1 is 1.28 bits per heavy atom. The van der Waals surface area contributed by atoms with Gasteiger partial charge in [0.15, 0.2) is 18.0 Å². The summed E-state index contributed by atoms with van der Waals surface area (Å²) in [6.07, 6.45) is -0.427. The van der Waals surface area contributed by atoms with E-state index in [4.69, 9.17) is 14.2 Å². The molecule has 1 aliphatic rings. The normalized spacial score (nSPS) is 22.1. The first-order chi connectivity index (χ1) is 8.65. The van der Waals surface area contributed by atoms with Gasteiger partial charge in [-0.15, -0.1) is 0 Å². The molecular formula is C13H15NO4. The third kappa shape index (κ3) is 2.30. The first-order valence-corrected chi connectivity index (χ1v) is 5.58. The van der Waals surface area contributed by atoms with Crippen molar-refractivity contribution in [3.63, 3.8) is 0 Å². The quantitative estimate of drug-likeness (QED) is 0.765. The largest absolute Gasteiger partial charge is 0.497 e. The maximum absolute atomic E-state index is 11.6. The van der Waals surface area contributed by atoms with E-state index in [-0.39, 0.29) is 0 Å². The van der Waals surface area contributed by atoms with Crippen LogP contribution in [0.2, 0.25) is 0 Å². The molecule has 0 saturated carbocycles. The van der Waals surface area contributed by atoms with Gasteiger partial charge in [0, 0.05) is 6.92 Å². The van der Waals surface area contributed by atoms with Crippen LogP contribution in [0.4, 0.5) is 0 Å². The van der Waals surface area contributed by atoms with E-state index in [1.54, 1.807) is 14.0 Å². The Balaban J connectivity index is 2.23. The van der Waals surface area contributed by atoms with E-state index < -0.39 is 18.1 Å². The molecule has 1 heterocycles. The van der Waals surface area contributed by atoms with Crippen LogP contribution in [0.25, 0.3) is 0 Å². The molecule has 0 saturated heterocycles. The molecule has 5 heteroatoms. The molecule has 96 valence electrons. The van der Waals surface area contributed by atoms with Gasteiger partial charge in [0.2, 0.25) is 0 Å². The molecule has 1 aliphatic heterocycles. The number of rotatable bonds is 3. The zero-order chi connectivity index (χ0) is 13.1. The van der Waals surface area contributed by atoms with Crippen molar-refractivity contribution in [2.45, 2.75) is 19.1 Å². The highest BCUT2D eigenvalue weighted by Gasteiger charge is 2.37. The highest BCUT2D eigenvalue weighted by molar-refractivity contribution is 5.85. The Kier molecular flexibility index (Phi) is 3.50. The number of hydrogen-bond donors (Lipinski definition) is 0.